The Balaban J connectivity index is 1.45. The number of aromatic hydroxyl groups is 2. The van der Waals surface area contributed by atoms with Gasteiger partial charge in [0.1, 0.15) is 35.7 Å². The second-order valence-corrected chi connectivity index (χ2v) is 10.6. The molecule has 2 aliphatic rings. The van der Waals surface area contributed by atoms with Crippen molar-refractivity contribution in [2.45, 2.75) is 45.5 Å². The Kier molecular flexibility index (Phi) is 7.25. The van der Waals surface area contributed by atoms with Gasteiger partial charge in [0.2, 0.25) is 0 Å². The highest BCUT2D eigenvalue weighted by atomic mass is 19.4. The third-order valence-corrected chi connectivity index (χ3v) is 7.64. The number of hydrogen-bond donors (Lipinski definition) is 2. The number of phenols is 2. The summed E-state index contributed by atoms with van der Waals surface area (Å²) in [6.07, 6.45) is -4.13. The van der Waals surface area contributed by atoms with Gasteiger partial charge in [-0.25, -0.2) is 0 Å². The Labute approximate surface area is 226 Å². The predicted molar refractivity (Wildman–Crippen MR) is 144 cm³/mol. The highest BCUT2D eigenvalue weighted by Crippen LogP contribution is 2.48. The number of ether oxygens (including phenoxy) is 2. The molecule has 2 N–H and O–H groups in total. The van der Waals surface area contributed by atoms with Crippen LogP contribution >= 0.6 is 0 Å². The lowest BCUT2D eigenvalue weighted by atomic mass is 9.85. The van der Waals surface area contributed by atoms with Crippen molar-refractivity contribution in [3.63, 3.8) is 0 Å². The monoisotopic (exact) mass is 539 g/mol. The van der Waals surface area contributed by atoms with Gasteiger partial charge in [-0.2, -0.15) is 13.2 Å². The van der Waals surface area contributed by atoms with E-state index in [2.05, 4.69) is 18.7 Å². The van der Waals surface area contributed by atoms with Crippen LogP contribution in [-0.4, -0.2) is 40.9 Å². The fraction of sp³-hybridized carbons (Fsp3) is 0.355. The molecule has 0 aliphatic carbocycles. The number of benzene rings is 3. The molecule has 0 radical (unpaired) electrons. The summed E-state index contributed by atoms with van der Waals surface area (Å²) in [4.78, 5) is 2.43. The van der Waals surface area contributed by atoms with Crippen molar-refractivity contribution in [2.24, 2.45) is 5.92 Å². The first-order valence-corrected chi connectivity index (χ1v) is 13.1. The first-order chi connectivity index (χ1) is 18.5. The molecule has 8 heteroatoms. The normalized spacial score (nSPS) is 20.5. The molecule has 39 heavy (non-hydrogen) atoms. The fourth-order valence-corrected chi connectivity index (χ4v) is 5.41. The lowest BCUT2D eigenvalue weighted by molar-refractivity contribution is -0.138. The molecule has 3 aromatic carbocycles. The minimum absolute atomic E-state index is 0.0453. The summed E-state index contributed by atoms with van der Waals surface area (Å²) in [6.45, 7) is 8.98. The molecule has 0 bridgehead atoms. The van der Waals surface area contributed by atoms with E-state index in [0.717, 1.165) is 36.4 Å². The SMILES string of the molecule is CC1=C(c2ccc(C(F)(F)F)c(O)c2)C(c2ccc(OC[C@H](C)N3CC[C@@H](C)C3)cc2)Oc2ccc(O)cc21. The van der Waals surface area contributed by atoms with Gasteiger partial charge in [0, 0.05) is 23.7 Å². The number of allylic oxidation sites excluding steroid dienone is 1. The van der Waals surface area contributed by atoms with Crippen molar-refractivity contribution in [3.8, 4) is 23.0 Å². The highest BCUT2D eigenvalue weighted by Gasteiger charge is 2.35. The first-order valence-electron chi connectivity index (χ1n) is 13.1. The minimum atomic E-state index is -4.67. The summed E-state index contributed by atoms with van der Waals surface area (Å²) < 4.78 is 52.3. The maximum absolute atomic E-state index is 13.3. The summed E-state index contributed by atoms with van der Waals surface area (Å²) in [5.41, 5.74) is 2.02. The molecule has 2 heterocycles. The van der Waals surface area contributed by atoms with Gasteiger partial charge in [0.25, 0.3) is 0 Å². The molecule has 3 aromatic rings. The molecule has 3 atom stereocenters. The van der Waals surface area contributed by atoms with Crippen LogP contribution in [0.1, 0.15) is 55.5 Å². The van der Waals surface area contributed by atoms with E-state index in [9.17, 15) is 23.4 Å². The molecule has 1 unspecified atom stereocenters. The third-order valence-electron chi connectivity index (χ3n) is 7.64. The largest absolute Gasteiger partial charge is 0.508 e. The number of fused-ring (bicyclic) bond motifs is 1. The van der Waals surface area contributed by atoms with E-state index < -0.39 is 23.6 Å². The maximum Gasteiger partial charge on any atom is 0.419 e. The van der Waals surface area contributed by atoms with E-state index in [1.807, 2.05) is 31.2 Å². The van der Waals surface area contributed by atoms with Gasteiger partial charge in [-0.15, -0.1) is 0 Å². The molecule has 5 nitrogen and oxygen atoms in total. The third kappa shape index (κ3) is 5.57. The van der Waals surface area contributed by atoms with Crippen LogP contribution in [0.5, 0.6) is 23.0 Å². The van der Waals surface area contributed by atoms with Gasteiger partial charge < -0.3 is 19.7 Å². The Bertz CT molecular complexity index is 1380. The first kappa shape index (κ1) is 26.9. The molecule has 1 fully saturated rings. The van der Waals surface area contributed by atoms with E-state index in [1.165, 1.54) is 18.6 Å². The zero-order chi connectivity index (χ0) is 27.9. The second kappa shape index (κ2) is 10.5. The van der Waals surface area contributed by atoms with Crippen LogP contribution in [0.4, 0.5) is 13.2 Å². The molecule has 2 aliphatic heterocycles. The highest BCUT2D eigenvalue weighted by molar-refractivity contribution is 5.96. The molecule has 0 amide bonds. The molecule has 5 rings (SSSR count). The lowest BCUT2D eigenvalue weighted by Gasteiger charge is -2.31. The van der Waals surface area contributed by atoms with Crippen LogP contribution in [-0.2, 0) is 6.18 Å². The zero-order valence-electron chi connectivity index (χ0n) is 22.1. The minimum Gasteiger partial charge on any atom is -0.508 e. The number of hydrogen-bond acceptors (Lipinski definition) is 5. The lowest BCUT2D eigenvalue weighted by Crippen LogP contribution is -2.35. The van der Waals surface area contributed by atoms with Crippen LogP contribution in [0.25, 0.3) is 11.1 Å². The van der Waals surface area contributed by atoms with E-state index in [1.54, 1.807) is 12.1 Å². The molecule has 0 saturated carbocycles. The van der Waals surface area contributed by atoms with Crippen molar-refractivity contribution in [1.82, 2.24) is 4.90 Å². The molecule has 1 saturated heterocycles. The summed E-state index contributed by atoms with van der Waals surface area (Å²) in [7, 11) is 0. The van der Waals surface area contributed by atoms with Crippen LogP contribution in [0, 0.1) is 5.92 Å². The van der Waals surface area contributed by atoms with Gasteiger partial charge in [0.15, 0.2) is 0 Å². The van der Waals surface area contributed by atoms with Crippen LogP contribution in [0.15, 0.2) is 60.7 Å². The number of halogens is 3. The topological polar surface area (TPSA) is 62.2 Å². The van der Waals surface area contributed by atoms with Gasteiger partial charge >= 0.3 is 6.18 Å². The number of alkyl halides is 3. The van der Waals surface area contributed by atoms with E-state index in [0.29, 0.717) is 46.8 Å². The number of phenolic OH excluding ortho intramolecular Hbond substituents is 2. The Morgan fingerprint density at radius 3 is 2.44 bits per heavy atom. The summed E-state index contributed by atoms with van der Waals surface area (Å²) in [5.74, 6) is 1.15. The van der Waals surface area contributed by atoms with E-state index in [-0.39, 0.29) is 5.75 Å². The predicted octanol–water partition coefficient (Wildman–Crippen LogP) is 7.29. The van der Waals surface area contributed by atoms with Crippen molar-refractivity contribution in [3.05, 3.63) is 82.9 Å². The van der Waals surface area contributed by atoms with Crippen LogP contribution in [0.2, 0.25) is 0 Å². The fourth-order valence-electron chi connectivity index (χ4n) is 5.41. The molecule has 0 spiro atoms. The average Bonchev–Trinajstić information content (AvgIpc) is 3.33. The molecule has 206 valence electrons. The Hall–Kier alpha value is -3.65. The quantitative estimate of drug-likeness (QED) is 0.345. The number of nitrogens with zero attached hydrogens (tertiary/aromatic N) is 1. The van der Waals surface area contributed by atoms with Crippen molar-refractivity contribution in [2.75, 3.05) is 19.7 Å². The van der Waals surface area contributed by atoms with E-state index >= 15 is 0 Å². The standard InChI is InChI=1S/C31H32F3NO4/c1-18-12-13-35(16-18)19(2)17-38-24-8-4-21(5-9-24)30-29(20(3)25-15-23(36)7-11-28(25)39-30)22-6-10-26(27(37)14-22)31(32,33)34/h4-11,14-15,18-19,30,36-37H,12-13,16-17H2,1-3H3/t18-,19+,30?/m1/s1. The van der Waals surface area contributed by atoms with Crippen molar-refractivity contribution in [1.29, 1.82) is 0 Å². The zero-order valence-corrected chi connectivity index (χ0v) is 22.1. The Morgan fingerprint density at radius 1 is 1.05 bits per heavy atom. The average molecular weight is 540 g/mol. The molecular formula is C31H32F3NO4. The van der Waals surface area contributed by atoms with E-state index in [4.69, 9.17) is 9.47 Å². The van der Waals surface area contributed by atoms with Gasteiger partial charge in [-0.05, 0) is 91.9 Å². The van der Waals surface area contributed by atoms with Gasteiger partial charge in [-0.3, -0.25) is 4.90 Å². The summed E-state index contributed by atoms with van der Waals surface area (Å²) in [6, 6.07) is 15.9. The number of likely N-dealkylation sites (tertiary alicyclic amines) is 1. The molecular weight excluding hydrogens is 507 g/mol. The van der Waals surface area contributed by atoms with Gasteiger partial charge in [0.05, 0.1) is 5.56 Å². The maximum atomic E-state index is 13.3. The van der Waals surface area contributed by atoms with Gasteiger partial charge in [-0.1, -0.05) is 25.1 Å². The van der Waals surface area contributed by atoms with Crippen molar-refractivity contribution >= 4 is 11.1 Å². The van der Waals surface area contributed by atoms with Crippen molar-refractivity contribution < 1.29 is 32.9 Å². The summed E-state index contributed by atoms with van der Waals surface area (Å²) >= 11 is 0. The van der Waals surface area contributed by atoms with Crippen LogP contribution in [0.3, 0.4) is 0 Å². The Morgan fingerprint density at radius 2 is 1.79 bits per heavy atom. The second-order valence-electron chi connectivity index (χ2n) is 10.6. The summed E-state index contributed by atoms with van der Waals surface area (Å²) in [5, 5.41) is 20.3. The smallest absolute Gasteiger partial charge is 0.419 e. The molecule has 0 aromatic heterocycles. The van der Waals surface area contributed by atoms with Crippen LogP contribution < -0.4 is 9.47 Å². The number of rotatable bonds is 6.